The lowest BCUT2D eigenvalue weighted by Crippen LogP contribution is -2.11. The summed E-state index contributed by atoms with van der Waals surface area (Å²) in [5.74, 6) is 0.983. The van der Waals surface area contributed by atoms with E-state index in [2.05, 4.69) is 20.6 Å². The lowest BCUT2D eigenvalue weighted by Gasteiger charge is -2.06. The van der Waals surface area contributed by atoms with Gasteiger partial charge >= 0.3 is 0 Å². The average Bonchev–Trinajstić information content (AvgIpc) is 3.16. The van der Waals surface area contributed by atoms with Crippen molar-refractivity contribution in [2.45, 2.75) is 12.3 Å². The zero-order valence-corrected chi connectivity index (χ0v) is 11.3. The highest BCUT2D eigenvalue weighted by Gasteiger charge is 2.22. The number of halogens is 1. The molecule has 2 aromatic heterocycles. The quantitative estimate of drug-likeness (QED) is 0.781. The maximum absolute atomic E-state index is 13.0. The molecule has 3 aromatic rings. The fourth-order valence-corrected chi connectivity index (χ4v) is 2.71. The number of nitrogens with zero attached hydrogens (tertiary/aromatic N) is 4. The predicted octanol–water partition coefficient (Wildman–Crippen LogP) is 2.01. The van der Waals surface area contributed by atoms with Crippen LogP contribution in [-0.2, 0) is 0 Å². The van der Waals surface area contributed by atoms with E-state index >= 15 is 0 Å². The summed E-state index contributed by atoms with van der Waals surface area (Å²) in [6, 6.07) is 10.1. The van der Waals surface area contributed by atoms with E-state index in [0.717, 1.165) is 42.2 Å². The topological polar surface area (TPSA) is 55.1 Å². The second-order valence-electron chi connectivity index (χ2n) is 5.24. The molecule has 0 spiro atoms. The molecule has 1 saturated heterocycles. The number of benzene rings is 1. The molecule has 4 rings (SSSR count). The first-order chi connectivity index (χ1) is 10.3. The van der Waals surface area contributed by atoms with E-state index < -0.39 is 0 Å². The number of fused-ring (bicyclic) bond motifs is 1. The normalized spacial score (nSPS) is 18.4. The summed E-state index contributed by atoms with van der Waals surface area (Å²) in [7, 11) is 0. The molecular formula is C15H14FN5. The zero-order chi connectivity index (χ0) is 14.2. The molecule has 1 fully saturated rings. The Hall–Kier alpha value is -2.34. The molecule has 0 amide bonds. The Morgan fingerprint density at radius 2 is 1.95 bits per heavy atom. The molecule has 0 aliphatic carbocycles. The SMILES string of the molecule is Fc1ccc(-c2ccc3nnc([C@@H]4CCNC4)n3n2)cc1. The minimum Gasteiger partial charge on any atom is -0.316 e. The van der Waals surface area contributed by atoms with Gasteiger partial charge in [-0.15, -0.1) is 10.2 Å². The van der Waals surface area contributed by atoms with Crippen molar-refractivity contribution in [2.24, 2.45) is 0 Å². The van der Waals surface area contributed by atoms with Crippen LogP contribution in [0, 0.1) is 5.82 Å². The van der Waals surface area contributed by atoms with Crippen LogP contribution in [0.5, 0.6) is 0 Å². The van der Waals surface area contributed by atoms with Gasteiger partial charge in [0.15, 0.2) is 11.5 Å². The summed E-state index contributed by atoms with van der Waals surface area (Å²) >= 11 is 0. The van der Waals surface area contributed by atoms with Gasteiger partial charge in [0.05, 0.1) is 5.69 Å². The number of aromatic nitrogens is 4. The number of hydrogen-bond acceptors (Lipinski definition) is 4. The molecule has 106 valence electrons. The molecular weight excluding hydrogens is 269 g/mol. The van der Waals surface area contributed by atoms with E-state index in [-0.39, 0.29) is 5.82 Å². The third-order valence-electron chi connectivity index (χ3n) is 3.85. The summed E-state index contributed by atoms with van der Waals surface area (Å²) in [5, 5.41) is 16.4. The Labute approximate surface area is 120 Å². The maximum atomic E-state index is 13.0. The molecule has 0 radical (unpaired) electrons. The lowest BCUT2D eigenvalue weighted by molar-refractivity contribution is 0.628. The van der Waals surface area contributed by atoms with Crippen molar-refractivity contribution in [1.82, 2.24) is 25.1 Å². The van der Waals surface area contributed by atoms with Gasteiger partial charge < -0.3 is 5.32 Å². The van der Waals surface area contributed by atoms with Crippen LogP contribution in [0.1, 0.15) is 18.2 Å². The summed E-state index contributed by atoms with van der Waals surface area (Å²) in [4.78, 5) is 0. The highest BCUT2D eigenvalue weighted by Crippen LogP contribution is 2.22. The molecule has 6 heteroatoms. The van der Waals surface area contributed by atoms with Crippen LogP contribution in [0.2, 0.25) is 0 Å². The maximum Gasteiger partial charge on any atom is 0.177 e. The van der Waals surface area contributed by atoms with Crippen molar-refractivity contribution in [3.05, 3.63) is 48.0 Å². The first-order valence-corrected chi connectivity index (χ1v) is 7.00. The fraction of sp³-hybridized carbons (Fsp3) is 0.267. The van der Waals surface area contributed by atoms with Gasteiger partial charge in [0.1, 0.15) is 5.82 Å². The third kappa shape index (κ3) is 2.17. The first kappa shape index (κ1) is 12.4. The highest BCUT2D eigenvalue weighted by atomic mass is 19.1. The summed E-state index contributed by atoms with van der Waals surface area (Å²) in [6.07, 6.45) is 1.04. The van der Waals surface area contributed by atoms with Crippen molar-refractivity contribution < 1.29 is 4.39 Å². The molecule has 1 N–H and O–H groups in total. The van der Waals surface area contributed by atoms with E-state index in [4.69, 9.17) is 0 Å². The third-order valence-corrected chi connectivity index (χ3v) is 3.85. The van der Waals surface area contributed by atoms with Crippen molar-refractivity contribution in [1.29, 1.82) is 0 Å². The lowest BCUT2D eigenvalue weighted by atomic mass is 10.1. The molecule has 1 atom stereocenters. The minimum atomic E-state index is -0.248. The van der Waals surface area contributed by atoms with Gasteiger partial charge in [0.2, 0.25) is 0 Å². The molecule has 5 nitrogen and oxygen atoms in total. The molecule has 21 heavy (non-hydrogen) atoms. The van der Waals surface area contributed by atoms with Crippen LogP contribution >= 0.6 is 0 Å². The zero-order valence-electron chi connectivity index (χ0n) is 11.3. The second kappa shape index (κ2) is 4.89. The highest BCUT2D eigenvalue weighted by molar-refractivity contribution is 5.60. The average molecular weight is 283 g/mol. The van der Waals surface area contributed by atoms with Crippen LogP contribution in [-0.4, -0.2) is 32.9 Å². The first-order valence-electron chi connectivity index (χ1n) is 7.00. The summed E-state index contributed by atoms with van der Waals surface area (Å²) < 4.78 is 14.8. The van der Waals surface area contributed by atoms with Gasteiger partial charge in [0, 0.05) is 18.0 Å². The minimum absolute atomic E-state index is 0.248. The second-order valence-corrected chi connectivity index (χ2v) is 5.24. The van der Waals surface area contributed by atoms with Crippen molar-refractivity contribution in [3.63, 3.8) is 0 Å². The number of nitrogens with one attached hydrogen (secondary N) is 1. The van der Waals surface area contributed by atoms with Crippen LogP contribution in [0.15, 0.2) is 36.4 Å². The summed E-state index contributed by atoms with van der Waals surface area (Å²) in [6.45, 7) is 1.90. The van der Waals surface area contributed by atoms with Gasteiger partial charge in [-0.3, -0.25) is 0 Å². The Morgan fingerprint density at radius 3 is 2.71 bits per heavy atom. The largest absolute Gasteiger partial charge is 0.316 e. The van der Waals surface area contributed by atoms with E-state index in [0.29, 0.717) is 5.92 Å². The van der Waals surface area contributed by atoms with Gasteiger partial charge in [-0.05, 0) is 49.4 Å². The van der Waals surface area contributed by atoms with E-state index in [1.807, 2.05) is 12.1 Å². The molecule has 0 unspecified atom stereocenters. The Bertz CT molecular complexity index is 774. The standard InChI is InChI=1S/C15H14FN5/c16-12-3-1-10(2-4-12)13-5-6-14-18-19-15(21(14)20-13)11-7-8-17-9-11/h1-6,11,17H,7-9H2/t11-/m1/s1. The molecule has 1 aliphatic heterocycles. The van der Waals surface area contributed by atoms with Crippen LogP contribution in [0.3, 0.4) is 0 Å². The molecule has 0 saturated carbocycles. The van der Waals surface area contributed by atoms with Crippen LogP contribution in [0.25, 0.3) is 16.9 Å². The van der Waals surface area contributed by atoms with Gasteiger partial charge in [-0.25, -0.2) is 4.39 Å². The van der Waals surface area contributed by atoms with Crippen LogP contribution in [0.4, 0.5) is 4.39 Å². The van der Waals surface area contributed by atoms with Crippen molar-refractivity contribution >= 4 is 5.65 Å². The van der Waals surface area contributed by atoms with Crippen molar-refractivity contribution in [3.8, 4) is 11.3 Å². The molecule has 1 aliphatic rings. The fourth-order valence-electron chi connectivity index (χ4n) is 2.71. The van der Waals surface area contributed by atoms with Crippen molar-refractivity contribution in [2.75, 3.05) is 13.1 Å². The molecule has 0 bridgehead atoms. The van der Waals surface area contributed by atoms with E-state index in [1.54, 1.807) is 16.6 Å². The Kier molecular flexibility index (Phi) is 2.89. The van der Waals surface area contributed by atoms with E-state index in [9.17, 15) is 4.39 Å². The smallest absolute Gasteiger partial charge is 0.177 e. The van der Waals surface area contributed by atoms with Crippen LogP contribution < -0.4 is 5.32 Å². The predicted molar refractivity (Wildman–Crippen MR) is 76.4 cm³/mol. The van der Waals surface area contributed by atoms with Gasteiger partial charge in [-0.1, -0.05) is 0 Å². The molecule has 3 heterocycles. The van der Waals surface area contributed by atoms with Gasteiger partial charge in [-0.2, -0.15) is 9.61 Å². The Balaban J connectivity index is 1.80. The Morgan fingerprint density at radius 1 is 1.10 bits per heavy atom. The molecule has 1 aromatic carbocycles. The number of hydrogen-bond donors (Lipinski definition) is 1. The van der Waals surface area contributed by atoms with Gasteiger partial charge in [0.25, 0.3) is 0 Å². The monoisotopic (exact) mass is 283 g/mol. The summed E-state index contributed by atoms with van der Waals surface area (Å²) in [5.41, 5.74) is 2.40. The van der Waals surface area contributed by atoms with E-state index in [1.165, 1.54) is 12.1 Å². The number of rotatable bonds is 2.